The van der Waals surface area contributed by atoms with Gasteiger partial charge in [0.05, 0.1) is 6.54 Å². The Morgan fingerprint density at radius 2 is 2.28 bits per heavy atom. The number of nitrogens with zero attached hydrogens (tertiary/aromatic N) is 2. The van der Waals surface area contributed by atoms with E-state index in [-0.39, 0.29) is 23.9 Å². The summed E-state index contributed by atoms with van der Waals surface area (Å²) in [6, 6.07) is 5.76. The molecule has 134 valence electrons. The van der Waals surface area contributed by atoms with Crippen LogP contribution in [0.5, 0.6) is 5.75 Å². The third-order valence-electron chi connectivity index (χ3n) is 4.31. The Morgan fingerprint density at radius 3 is 3.00 bits per heavy atom. The molecule has 0 spiro atoms. The number of likely N-dealkylation sites (tertiary alicyclic amines) is 1. The number of aromatic nitrogens is 2. The number of piperidine rings is 1. The highest BCUT2D eigenvalue weighted by atomic mass is 19.1. The van der Waals surface area contributed by atoms with E-state index in [4.69, 9.17) is 4.74 Å². The first kappa shape index (κ1) is 17.3. The van der Waals surface area contributed by atoms with Crippen molar-refractivity contribution < 1.29 is 13.9 Å². The van der Waals surface area contributed by atoms with Crippen LogP contribution in [0.4, 0.5) is 9.18 Å². The van der Waals surface area contributed by atoms with Gasteiger partial charge in [0.25, 0.3) is 0 Å². The normalized spacial score (nSPS) is 18.6. The minimum atomic E-state index is -0.301. The van der Waals surface area contributed by atoms with Crippen LogP contribution in [0.1, 0.15) is 31.5 Å². The predicted octanol–water partition coefficient (Wildman–Crippen LogP) is 2.91. The number of amides is 2. The predicted molar refractivity (Wildman–Crippen MR) is 92.0 cm³/mol. The summed E-state index contributed by atoms with van der Waals surface area (Å²) in [5.41, 5.74) is 0. The van der Waals surface area contributed by atoms with Gasteiger partial charge in [-0.05, 0) is 44.0 Å². The van der Waals surface area contributed by atoms with Crippen LogP contribution in [0.25, 0.3) is 0 Å². The molecule has 6 nitrogen and oxygen atoms in total. The van der Waals surface area contributed by atoms with E-state index in [0.717, 1.165) is 25.2 Å². The Bertz CT molecular complexity index is 675. The number of urea groups is 1. The van der Waals surface area contributed by atoms with E-state index in [1.165, 1.54) is 12.1 Å². The van der Waals surface area contributed by atoms with E-state index >= 15 is 0 Å². The smallest absolute Gasteiger partial charge is 0.317 e. The zero-order chi connectivity index (χ0) is 17.6. The summed E-state index contributed by atoms with van der Waals surface area (Å²) in [4.78, 5) is 21.6. The molecule has 0 radical (unpaired) electrons. The first-order valence-corrected chi connectivity index (χ1v) is 8.56. The number of rotatable bonds is 5. The van der Waals surface area contributed by atoms with Crippen molar-refractivity contribution in [2.24, 2.45) is 0 Å². The molecule has 2 amide bonds. The topological polar surface area (TPSA) is 70.2 Å². The fourth-order valence-corrected chi connectivity index (χ4v) is 3.02. The van der Waals surface area contributed by atoms with E-state index in [9.17, 15) is 9.18 Å². The lowest BCUT2D eigenvalue weighted by atomic mass is 9.98. The minimum Gasteiger partial charge on any atom is -0.489 e. The number of hydrogen-bond acceptors (Lipinski definition) is 3. The number of hydrogen-bond donors (Lipinski definition) is 2. The highest BCUT2D eigenvalue weighted by molar-refractivity contribution is 5.74. The number of nitrogens with one attached hydrogen (secondary N) is 2. The van der Waals surface area contributed by atoms with Gasteiger partial charge in [-0.1, -0.05) is 0 Å². The van der Waals surface area contributed by atoms with Gasteiger partial charge in [0.1, 0.15) is 23.5 Å². The maximum atomic E-state index is 12.9. The molecule has 2 N–H and O–H groups in total. The number of ether oxygens (including phenoxy) is 1. The molecule has 1 fully saturated rings. The Kier molecular flexibility index (Phi) is 5.53. The van der Waals surface area contributed by atoms with Gasteiger partial charge < -0.3 is 19.9 Å². The molecule has 3 rings (SSSR count). The number of benzene rings is 1. The van der Waals surface area contributed by atoms with Gasteiger partial charge in [-0.2, -0.15) is 0 Å². The lowest BCUT2D eigenvalue weighted by Gasteiger charge is -2.32. The van der Waals surface area contributed by atoms with Gasteiger partial charge in [0, 0.05) is 31.4 Å². The van der Waals surface area contributed by atoms with Crippen LogP contribution < -0.4 is 10.1 Å². The average Bonchev–Trinajstić information content (AvgIpc) is 3.16. The lowest BCUT2D eigenvalue weighted by Crippen LogP contribution is -2.47. The second-order valence-electron chi connectivity index (χ2n) is 6.33. The summed E-state index contributed by atoms with van der Waals surface area (Å²) < 4.78 is 18.6. The van der Waals surface area contributed by atoms with Crippen LogP contribution in [0.15, 0.2) is 36.7 Å². The molecule has 1 aromatic carbocycles. The Morgan fingerprint density at radius 1 is 1.48 bits per heavy atom. The van der Waals surface area contributed by atoms with Gasteiger partial charge in [-0.25, -0.2) is 14.2 Å². The van der Waals surface area contributed by atoms with Gasteiger partial charge in [0.2, 0.25) is 0 Å². The van der Waals surface area contributed by atoms with Crippen molar-refractivity contribution in [1.82, 2.24) is 20.2 Å². The fourth-order valence-electron chi connectivity index (χ4n) is 3.02. The van der Waals surface area contributed by atoms with Gasteiger partial charge in [-0.15, -0.1) is 0 Å². The summed E-state index contributed by atoms with van der Waals surface area (Å²) in [6.07, 6.45) is 5.33. The van der Waals surface area contributed by atoms with E-state index in [1.54, 1.807) is 18.3 Å². The van der Waals surface area contributed by atoms with E-state index in [2.05, 4.69) is 15.3 Å². The molecule has 1 aliphatic heterocycles. The number of carbonyl (C=O) groups excluding carboxylic acids is 1. The number of H-pyrrole nitrogens is 1. The average molecular weight is 346 g/mol. The third-order valence-corrected chi connectivity index (χ3v) is 4.31. The molecule has 0 aliphatic carbocycles. The maximum Gasteiger partial charge on any atom is 0.317 e. The molecule has 1 aliphatic rings. The van der Waals surface area contributed by atoms with Gasteiger partial charge in [0.15, 0.2) is 0 Å². The van der Waals surface area contributed by atoms with Crippen molar-refractivity contribution in [2.75, 3.05) is 19.6 Å². The zero-order valence-corrected chi connectivity index (χ0v) is 14.2. The van der Waals surface area contributed by atoms with Gasteiger partial charge in [-0.3, -0.25) is 0 Å². The van der Waals surface area contributed by atoms with E-state index < -0.39 is 0 Å². The summed E-state index contributed by atoms with van der Waals surface area (Å²) in [5.74, 6) is 1.47. The molecule has 1 aromatic heterocycles. The van der Waals surface area contributed by atoms with Crippen molar-refractivity contribution in [3.05, 3.63) is 48.3 Å². The minimum absolute atomic E-state index is 0.0918. The molecular formula is C18H23FN4O2. The first-order chi connectivity index (χ1) is 12.1. The second kappa shape index (κ2) is 8.00. The van der Waals surface area contributed by atoms with E-state index in [1.807, 2.05) is 18.0 Å². The van der Waals surface area contributed by atoms with Gasteiger partial charge >= 0.3 is 6.03 Å². The molecule has 0 saturated carbocycles. The summed E-state index contributed by atoms with van der Waals surface area (Å²) in [7, 11) is 0. The van der Waals surface area contributed by atoms with Crippen molar-refractivity contribution >= 4 is 6.03 Å². The van der Waals surface area contributed by atoms with Crippen LogP contribution in [0.3, 0.4) is 0 Å². The van der Waals surface area contributed by atoms with Crippen molar-refractivity contribution in [1.29, 1.82) is 0 Å². The Hall–Kier alpha value is -2.57. The van der Waals surface area contributed by atoms with Crippen molar-refractivity contribution in [3.63, 3.8) is 0 Å². The summed E-state index contributed by atoms with van der Waals surface area (Å²) in [5, 5.41) is 2.91. The SMILES string of the molecule is C[C@@H](CNC(=O)N1CCC[C@@H](c2ncc[nH]2)C1)Oc1ccc(F)cc1. The highest BCUT2D eigenvalue weighted by Crippen LogP contribution is 2.24. The molecule has 2 heterocycles. The van der Waals surface area contributed by atoms with Crippen molar-refractivity contribution in [2.45, 2.75) is 31.8 Å². The molecule has 2 aromatic rings. The largest absolute Gasteiger partial charge is 0.489 e. The fraction of sp³-hybridized carbons (Fsp3) is 0.444. The zero-order valence-electron chi connectivity index (χ0n) is 14.2. The summed E-state index contributed by atoms with van der Waals surface area (Å²) in [6.45, 7) is 3.66. The van der Waals surface area contributed by atoms with Crippen LogP contribution in [-0.2, 0) is 0 Å². The van der Waals surface area contributed by atoms with E-state index in [0.29, 0.717) is 18.8 Å². The maximum absolute atomic E-state index is 12.9. The Balaban J connectivity index is 1.46. The molecule has 7 heteroatoms. The highest BCUT2D eigenvalue weighted by Gasteiger charge is 2.26. The molecule has 0 unspecified atom stereocenters. The van der Waals surface area contributed by atoms with Crippen LogP contribution in [0, 0.1) is 5.82 Å². The lowest BCUT2D eigenvalue weighted by molar-refractivity contribution is 0.168. The molecule has 0 bridgehead atoms. The standard InChI is InChI=1S/C18H23FN4O2/c1-13(25-16-6-4-15(19)5-7-16)11-22-18(24)23-10-2-3-14(12-23)17-20-8-9-21-17/h4-9,13-14H,2-3,10-12H2,1H3,(H,20,21)(H,22,24)/t13-,14+/m0/s1. The number of halogens is 1. The van der Waals surface area contributed by atoms with Crippen LogP contribution in [0.2, 0.25) is 0 Å². The van der Waals surface area contributed by atoms with Crippen molar-refractivity contribution in [3.8, 4) is 5.75 Å². The van der Waals surface area contributed by atoms with Crippen LogP contribution >= 0.6 is 0 Å². The monoisotopic (exact) mass is 346 g/mol. The summed E-state index contributed by atoms with van der Waals surface area (Å²) >= 11 is 0. The molecule has 2 atom stereocenters. The molecule has 1 saturated heterocycles. The third kappa shape index (κ3) is 4.71. The van der Waals surface area contributed by atoms with Crippen LogP contribution in [-0.4, -0.2) is 46.6 Å². The first-order valence-electron chi connectivity index (χ1n) is 8.56. The number of carbonyl (C=O) groups is 1. The quantitative estimate of drug-likeness (QED) is 0.874. The second-order valence-corrected chi connectivity index (χ2v) is 6.33. The molecule has 25 heavy (non-hydrogen) atoms. The Labute approximate surface area is 146 Å². The number of aromatic amines is 1. The molecular weight excluding hydrogens is 323 g/mol. The number of imidazole rings is 1.